The molecule has 2 aliphatic heterocycles. The third-order valence-electron chi connectivity index (χ3n) is 5.51. The quantitative estimate of drug-likeness (QED) is 0.753. The van der Waals surface area contributed by atoms with Gasteiger partial charge in [-0.25, -0.2) is 9.80 Å². The Balaban J connectivity index is 1.63. The predicted molar refractivity (Wildman–Crippen MR) is 115 cm³/mol. The number of urea groups is 1. The Bertz CT molecular complexity index is 1050. The molecular weight excluding hydrogens is 396 g/mol. The number of nitrogens with one attached hydrogen (secondary N) is 1. The maximum absolute atomic E-state index is 13.2. The number of carbonyl (C=O) groups excluding carboxylic acids is 3. The lowest BCUT2D eigenvalue weighted by atomic mass is 9.98. The summed E-state index contributed by atoms with van der Waals surface area (Å²) < 4.78 is 5.23. The van der Waals surface area contributed by atoms with Crippen LogP contribution in [0.1, 0.15) is 37.4 Å². The molecule has 2 aromatic rings. The Labute approximate surface area is 180 Å². The number of rotatable bonds is 5. The van der Waals surface area contributed by atoms with Crippen molar-refractivity contribution in [3.63, 3.8) is 0 Å². The zero-order valence-corrected chi connectivity index (χ0v) is 17.7. The molecule has 4 amide bonds. The maximum atomic E-state index is 13.2. The fraction of sp³-hybridized carbons (Fsp3) is 0.304. The third kappa shape index (κ3) is 3.88. The van der Waals surface area contributed by atoms with Crippen molar-refractivity contribution in [1.29, 1.82) is 0 Å². The Kier molecular flexibility index (Phi) is 5.22. The molecule has 8 heteroatoms. The molecule has 0 spiro atoms. The van der Waals surface area contributed by atoms with Crippen LogP contribution in [0.25, 0.3) is 0 Å². The Morgan fingerprint density at radius 1 is 1.13 bits per heavy atom. The Morgan fingerprint density at radius 2 is 1.81 bits per heavy atom. The van der Waals surface area contributed by atoms with Crippen LogP contribution in [0.4, 0.5) is 4.79 Å². The number of amides is 4. The van der Waals surface area contributed by atoms with Gasteiger partial charge in [0, 0.05) is 6.42 Å². The van der Waals surface area contributed by atoms with Crippen LogP contribution in [0.3, 0.4) is 0 Å². The first-order valence-electron chi connectivity index (χ1n) is 10.0. The van der Waals surface area contributed by atoms with Crippen LogP contribution in [0.2, 0.25) is 0 Å². The van der Waals surface area contributed by atoms with Crippen molar-refractivity contribution in [2.75, 3.05) is 13.7 Å². The molecule has 0 saturated carbocycles. The average Bonchev–Trinajstić information content (AvgIpc) is 3.29. The van der Waals surface area contributed by atoms with Crippen LogP contribution in [-0.4, -0.2) is 52.7 Å². The molecule has 1 atom stereocenters. The highest BCUT2D eigenvalue weighted by Gasteiger charge is 2.46. The second-order valence-corrected chi connectivity index (χ2v) is 8.09. The average molecular weight is 420 g/mol. The molecule has 0 aromatic heterocycles. The van der Waals surface area contributed by atoms with Crippen LogP contribution in [0.5, 0.6) is 5.75 Å². The minimum absolute atomic E-state index is 0.345. The molecule has 160 valence electrons. The van der Waals surface area contributed by atoms with Gasteiger partial charge in [0.25, 0.3) is 11.8 Å². The van der Waals surface area contributed by atoms with Gasteiger partial charge in [0.15, 0.2) is 0 Å². The second-order valence-electron chi connectivity index (χ2n) is 8.09. The van der Waals surface area contributed by atoms with Crippen LogP contribution in [-0.2, 0) is 9.59 Å². The molecule has 0 aliphatic carbocycles. The molecule has 2 aliphatic rings. The van der Waals surface area contributed by atoms with Gasteiger partial charge >= 0.3 is 6.03 Å². The molecule has 1 fully saturated rings. The number of hydrogen-bond donors (Lipinski definition) is 1. The van der Waals surface area contributed by atoms with Crippen molar-refractivity contribution in [2.45, 2.75) is 31.8 Å². The lowest BCUT2D eigenvalue weighted by Crippen LogP contribution is -2.43. The summed E-state index contributed by atoms with van der Waals surface area (Å²) in [6.45, 7) is 2.85. The molecule has 1 saturated heterocycles. The van der Waals surface area contributed by atoms with Gasteiger partial charge in [-0.15, -0.1) is 0 Å². The number of nitrogens with zero attached hydrogens (tertiary/aromatic N) is 3. The fourth-order valence-electron chi connectivity index (χ4n) is 3.80. The first kappa shape index (κ1) is 20.6. The van der Waals surface area contributed by atoms with Gasteiger partial charge in [0.2, 0.25) is 0 Å². The maximum Gasteiger partial charge on any atom is 0.325 e. The van der Waals surface area contributed by atoms with E-state index in [0.717, 1.165) is 21.7 Å². The van der Waals surface area contributed by atoms with Crippen LogP contribution in [0, 0.1) is 0 Å². The van der Waals surface area contributed by atoms with E-state index < -0.39 is 23.4 Å². The van der Waals surface area contributed by atoms with Gasteiger partial charge in [0.1, 0.15) is 17.8 Å². The summed E-state index contributed by atoms with van der Waals surface area (Å²) >= 11 is 0. The van der Waals surface area contributed by atoms with E-state index in [1.807, 2.05) is 54.6 Å². The monoisotopic (exact) mass is 420 g/mol. The molecule has 0 unspecified atom stereocenters. The van der Waals surface area contributed by atoms with Crippen molar-refractivity contribution in [3.8, 4) is 5.75 Å². The predicted octanol–water partition coefficient (Wildman–Crippen LogP) is 2.70. The van der Waals surface area contributed by atoms with Gasteiger partial charge in [-0.05, 0) is 37.1 Å². The molecule has 4 rings (SSSR count). The molecule has 2 aromatic carbocycles. The molecule has 8 nitrogen and oxygen atoms in total. The largest absolute Gasteiger partial charge is 0.497 e. The number of methoxy groups -OCH3 is 1. The van der Waals surface area contributed by atoms with E-state index in [0.29, 0.717) is 12.2 Å². The van der Waals surface area contributed by atoms with Gasteiger partial charge in [-0.3, -0.25) is 14.5 Å². The van der Waals surface area contributed by atoms with Gasteiger partial charge in [-0.2, -0.15) is 5.10 Å². The van der Waals surface area contributed by atoms with Gasteiger partial charge in [0.05, 0.1) is 18.9 Å². The number of benzene rings is 2. The number of hydrogen-bond acceptors (Lipinski definition) is 5. The second kappa shape index (κ2) is 7.86. The van der Waals surface area contributed by atoms with E-state index in [9.17, 15) is 14.4 Å². The Hall–Kier alpha value is -3.68. The van der Waals surface area contributed by atoms with Crippen molar-refractivity contribution in [2.24, 2.45) is 5.10 Å². The standard InChI is InChI=1S/C23H24N4O4/c1-23(2)21(29)26(22(30)24-23)14-20(28)27-19(16-9-11-17(31-3)12-10-16)13-18(25-27)15-7-5-4-6-8-15/h4-12,19H,13-14H2,1-3H3,(H,24,30)/t19-/m0/s1. The summed E-state index contributed by atoms with van der Waals surface area (Å²) in [6, 6.07) is 16.2. The molecule has 0 bridgehead atoms. The van der Waals surface area contributed by atoms with E-state index in [2.05, 4.69) is 10.4 Å². The normalized spacial score (nSPS) is 20.0. The summed E-state index contributed by atoms with van der Waals surface area (Å²) in [5.41, 5.74) is 1.55. The lowest BCUT2D eigenvalue weighted by Gasteiger charge is -2.24. The summed E-state index contributed by atoms with van der Waals surface area (Å²) in [6.07, 6.45) is 0.522. The molecular formula is C23H24N4O4. The SMILES string of the molecule is COc1ccc([C@@H]2CC(c3ccccc3)=NN2C(=O)CN2C(=O)NC(C)(C)C2=O)cc1. The number of hydrazone groups is 1. The smallest absolute Gasteiger partial charge is 0.325 e. The lowest BCUT2D eigenvalue weighted by molar-refractivity contribution is -0.139. The highest BCUT2D eigenvalue weighted by Crippen LogP contribution is 2.34. The number of ether oxygens (including phenoxy) is 1. The fourth-order valence-corrected chi connectivity index (χ4v) is 3.80. The van der Waals surface area contributed by atoms with Crippen molar-refractivity contribution in [1.82, 2.24) is 15.2 Å². The van der Waals surface area contributed by atoms with Crippen LogP contribution >= 0.6 is 0 Å². The third-order valence-corrected chi connectivity index (χ3v) is 5.51. The van der Waals surface area contributed by atoms with Crippen molar-refractivity contribution < 1.29 is 19.1 Å². The molecule has 2 heterocycles. The topological polar surface area (TPSA) is 91.3 Å². The molecule has 0 radical (unpaired) electrons. The number of carbonyl (C=O) groups is 3. The van der Waals surface area contributed by atoms with E-state index in [1.54, 1.807) is 21.0 Å². The highest BCUT2D eigenvalue weighted by atomic mass is 16.5. The van der Waals surface area contributed by atoms with E-state index in [-0.39, 0.29) is 12.6 Å². The van der Waals surface area contributed by atoms with Crippen LogP contribution < -0.4 is 10.1 Å². The molecule has 31 heavy (non-hydrogen) atoms. The van der Waals surface area contributed by atoms with Gasteiger partial charge in [-0.1, -0.05) is 42.5 Å². The zero-order chi connectivity index (χ0) is 22.2. The summed E-state index contributed by atoms with van der Waals surface area (Å²) in [5, 5.41) is 8.57. The zero-order valence-electron chi connectivity index (χ0n) is 17.7. The van der Waals surface area contributed by atoms with Crippen molar-refractivity contribution in [3.05, 3.63) is 65.7 Å². The number of imide groups is 1. The Morgan fingerprint density at radius 3 is 2.39 bits per heavy atom. The summed E-state index contributed by atoms with van der Waals surface area (Å²) in [5.74, 6) is -0.142. The van der Waals surface area contributed by atoms with Crippen LogP contribution in [0.15, 0.2) is 59.7 Å². The van der Waals surface area contributed by atoms with Gasteiger partial charge < -0.3 is 10.1 Å². The van der Waals surface area contributed by atoms with E-state index in [1.165, 1.54) is 5.01 Å². The van der Waals surface area contributed by atoms with E-state index >= 15 is 0 Å². The first-order chi connectivity index (χ1) is 14.8. The van der Waals surface area contributed by atoms with Crippen molar-refractivity contribution >= 4 is 23.6 Å². The van der Waals surface area contributed by atoms with E-state index in [4.69, 9.17) is 4.74 Å². The highest BCUT2D eigenvalue weighted by molar-refractivity contribution is 6.09. The first-order valence-corrected chi connectivity index (χ1v) is 10.0. The minimum atomic E-state index is -1.03. The molecule has 1 N–H and O–H groups in total. The summed E-state index contributed by atoms with van der Waals surface area (Å²) in [7, 11) is 1.59. The minimum Gasteiger partial charge on any atom is -0.497 e. The summed E-state index contributed by atoms with van der Waals surface area (Å²) in [4.78, 5) is 38.9.